The Hall–Kier alpha value is -3.19. The van der Waals surface area contributed by atoms with Gasteiger partial charge in [-0.2, -0.15) is 0 Å². The monoisotopic (exact) mass is 472 g/mol. The largest absolute Gasteiger partial charge is 0.490 e. The van der Waals surface area contributed by atoms with E-state index in [2.05, 4.69) is 10.6 Å². The zero-order valence-electron chi connectivity index (χ0n) is 19.2. The van der Waals surface area contributed by atoms with Crippen molar-refractivity contribution >= 4 is 23.6 Å². The molecule has 2 N–H and O–H groups in total. The number of halogens is 1. The van der Waals surface area contributed by atoms with Crippen LogP contribution in [0, 0.1) is 5.92 Å². The maximum Gasteiger partial charge on any atom is 0.338 e. The van der Waals surface area contributed by atoms with Gasteiger partial charge in [-0.05, 0) is 55.2 Å². The highest BCUT2D eigenvalue weighted by atomic mass is 35.5. The lowest BCUT2D eigenvalue weighted by Crippen LogP contribution is -2.47. The zero-order valence-corrected chi connectivity index (χ0v) is 20.0. The number of allylic oxidation sites excluding steroid dienone is 1. The van der Waals surface area contributed by atoms with Crippen LogP contribution in [0.25, 0.3) is 0 Å². The van der Waals surface area contributed by atoms with Crippen molar-refractivity contribution in [2.24, 2.45) is 5.92 Å². The Morgan fingerprint density at radius 3 is 2.52 bits per heavy atom. The van der Waals surface area contributed by atoms with Crippen LogP contribution in [0.5, 0.6) is 11.5 Å². The van der Waals surface area contributed by atoms with Gasteiger partial charge in [-0.25, -0.2) is 9.59 Å². The van der Waals surface area contributed by atoms with E-state index in [1.54, 1.807) is 25.1 Å². The summed E-state index contributed by atoms with van der Waals surface area (Å²) in [6.45, 7) is 8.42. The number of benzene rings is 2. The number of carbonyl (C=O) groups excluding carboxylic acids is 2. The van der Waals surface area contributed by atoms with Crippen LogP contribution < -0.4 is 20.1 Å². The van der Waals surface area contributed by atoms with E-state index in [0.29, 0.717) is 46.6 Å². The molecule has 8 heteroatoms. The number of hydrogen-bond donors (Lipinski definition) is 2. The lowest BCUT2D eigenvalue weighted by Gasteiger charge is -2.31. The fourth-order valence-electron chi connectivity index (χ4n) is 3.61. The Bertz CT molecular complexity index is 1050. The van der Waals surface area contributed by atoms with E-state index < -0.39 is 12.0 Å². The standard InChI is InChI=1S/C25H29ClN2O5/c1-5-31-20-13-17(10-11-19(20)33-14-16-8-7-9-18(26)12-16)23-21(24(29)32-6-2)22(15(3)4)27-25(30)28-23/h7-13,15,23H,5-6,14H2,1-4H3,(H2,27,28,30). The average Bonchev–Trinajstić information content (AvgIpc) is 2.78. The second kappa shape index (κ2) is 11.1. The molecule has 0 fully saturated rings. The fraction of sp³-hybridized carbons (Fsp3) is 0.360. The van der Waals surface area contributed by atoms with Crippen LogP contribution >= 0.6 is 11.6 Å². The molecule has 0 saturated heterocycles. The molecule has 33 heavy (non-hydrogen) atoms. The quantitative estimate of drug-likeness (QED) is 0.493. The number of ether oxygens (including phenoxy) is 3. The summed E-state index contributed by atoms with van der Waals surface area (Å²) in [7, 11) is 0. The first-order valence-corrected chi connectivity index (χ1v) is 11.3. The number of carbonyl (C=O) groups is 2. The highest BCUT2D eigenvalue weighted by Gasteiger charge is 2.35. The third-order valence-corrected chi connectivity index (χ3v) is 5.29. The van der Waals surface area contributed by atoms with Gasteiger partial charge in [0.05, 0.1) is 24.8 Å². The van der Waals surface area contributed by atoms with E-state index in [1.807, 2.05) is 45.0 Å². The van der Waals surface area contributed by atoms with Crippen molar-refractivity contribution in [1.82, 2.24) is 10.6 Å². The lowest BCUT2D eigenvalue weighted by atomic mass is 9.91. The molecule has 0 radical (unpaired) electrons. The molecule has 2 aromatic rings. The molecule has 2 amide bonds. The summed E-state index contributed by atoms with van der Waals surface area (Å²) >= 11 is 6.06. The second-order valence-corrected chi connectivity index (χ2v) is 8.23. The summed E-state index contributed by atoms with van der Waals surface area (Å²) < 4.78 is 17.1. The van der Waals surface area contributed by atoms with Gasteiger partial charge in [0.25, 0.3) is 0 Å². The van der Waals surface area contributed by atoms with E-state index in [1.165, 1.54) is 0 Å². The molecular weight excluding hydrogens is 444 g/mol. The smallest absolute Gasteiger partial charge is 0.338 e. The van der Waals surface area contributed by atoms with Gasteiger partial charge >= 0.3 is 12.0 Å². The summed E-state index contributed by atoms with van der Waals surface area (Å²) in [5, 5.41) is 6.24. The molecule has 1 heterocycles. The number of urea groups is 1. The van der Waals surface area contributed by atoms with E-state index in [4.69, 9.17) is 25.8 Å². The van der Waals surface area contributed by atoms with Crippen LogP contribution in [-0.4, -0.2) is 25.2 Å². The molecule has 7 nitrogen and oxygen atoms in total. The molecule has 1 aliphatic heterocycles. The predicted molar refractivity (Wildman–Crippen MR) is 126 cm³/mol. The topological polar surface area (TPSA) is 85.9 Å². The molecule has 1 unspecified atom stereocenters. The minimum Gasteiger partial charge on any atom is -0.490 e. The molecule has 176 valence electrons. The molecule has 0 spiro atoms. The van der Waals surface area contributed by atoms with Gasteiger partial charge in [0, 0.05) is 10.7 Å². The maximum absolute atomic E-state index is 12.8. The molecule has 1 atom stereocenters. The molecule has 0 bridgehead atoms. The van der Waals surface area contributed by atoms with Crippen molar-refractivity contribution < 1.29 is 23.8 Å². The first-order valence-electron chi connectivity index (χ1n) is 11.0. The van der Waals surface area contributed by atoms with Gasteiger partial charge in [-0.15, -0.1) is 0 Å². The Morgan fingerprint density at radius 1 is 1.06 bits per heavy atom. The molecule has 0 aliphatic carbocycles. The molecule has 1 aliphatic rings. The van der Waals surface area contributed by atoms with E-state index in [0.717, 1.165) is 5.56 Å². The average molecular weight is 473 g/mol. The van der Waals surface area contributed by atoms with Crippen molar-refractivity contribution in [3.8, 4) is 11.5 Å². The summed E-state index contributed by atoms with van der Waals surface area (Å²) in [4.78, 5) is 25.2. The number of amides is 2. The minimum atomic E-state index is -0.684. The Morgan fingerprint density at radius 2 is 1.85 bits per heavy atom. The third-order valence-electron chi connectivity index (χ3n) is 5.06. The van der Waals surface area contributed by atoms with Crippen molar-refractivity contribution in [3.05, 3.63) is 69.9 Å². The minimum absolute atomic E-state index is 0.0791. The SMILES string of the molecule is CCOC(=O)C1=C(C(C)C)NC(=O)NC1c1ccc(OCc2cccc(Cl)c2)c(OCC)c1. The van der Waals surface area contributed by atoms with E-state index >= 15 is 0 Å². The number of hydrogen-bond acceptors (Lipinski definition) is 5. The zero-order chi connectivity index (χ0) is 24.0. The maximum atomic E-state index is 12.8. The van der Waals surface area contributed by atoms with Crippen molar-refractivity contribution in [2.75, 3.05) is 13.2 Å². The Labute approximate surface area is 199 Å². The molecule has 0 aromatic heterocycles. The van der Waals surface area contributed by atoms with E-state index in [-0.39, 0.29) is 18.6 Å². The van der Waals surface area contributed by atoms with Crippen LogP contribution in [0.3, 0.4) is 0 Å². The van der Waals surface area contributed by atoms with Crippen molar-refractivity contribution in [3.63, 3.8) is 0 Å². The lowest BCUT2D eigenvalue weighted by molar-refractivity contribution is -0.139. The number of rotatable bonds is 9. The summed E-state index contributed by atoms with van der Waals surface area (Å²) in [5.41, 5.74) is 2.53. The van der Waals surface area contributed by atoms with Crippen LogP contribution in [-0.2, 0) is 16.1 Å². The van der Waals surface area contributed by atoms with E-state index in [9.17, 15) is 9.59 Å². The van der Waals surface area contributed by atoms with Crippen LogP contribution in [0.4, 0.5) is 4.79 Å². The van der Waals surface area contributed by atoms with Crippen LogP contribution in [0.15, 0.2) is 53.7 Å². The van der Waals surface area contributed by atoms with Crippen molar-refractivity contribution in [1.29, 1.82) is 0 Å². The normalized spacial score (nSPS) is 15.7. The number of nitrogens with one attached hydrogen (secondary N) is 2. The fourth-order valence-corrected chi connectivity index (χ4v) is 3.82. The summed E-state index contributed by atoms with van der Waals surface area (Å²) in [6.07, 6.45) is 0. The summed E-state index contributed by atoms with van der Waals surface area (Å²) in [6, 6.07) is 11.7. The highest BCUT2D eigenvalue weighted by molar-refractivity contribution is 6.30. The first-order chi connectivity index (χ1) is 15.8. The summed E-state index contributed by atoms with van der Waals surface area (Å²) in [5.74, 6) is 0.508. The molecular formula is C25H29ClN2O5. The Kier molecular flexibility index (Phi) is 8.22. The van der Waals surface area contributed by atoms with Crippen LogP contribution in [0.1, 0.15) is 44.9 Å². The molecule has 2 aromatic carbocycles. The van der Waals surface area contributed by atoms with Crippen molar-refractivity contribution in [2.45, 2.75) is 40.3 Å². The van der Waals surface area contributed by atoms with Gasteiger partial charge in [0.1, 0.15) is 6.61 Å². The van der Waals surface area contributed by atoms with Gasteiger partial charge in [0.15, 0.2) is 11.5 Å². The predicted octanol–water partition coefficient (Wildman–Crippen LogP) is 5.14. The van der Waals surface area contributed by atoms with Gasteiger partial charge < -0.3 is 24.8 Å². The second-order valence-electron chi connectivity index (χ2n) is 7.79. The molecule has 0 saturated carbocycles. The van der Waals surface area contributed by atoms with Gasteiger partial charge in [-0.3, -0.25) is 0 Å². The molecule has 3 rings (SSSR count). The Balaban J connectivity index is 1.96. The first kappa shape index (κ1) is 24.5. The van der Waals surface area contributed by atoms with Crippen LogP contribution in [0.2, 0.25) is 5.02 Å². The number of esters is 1. The third kappa shape index (κ3) is 5.99. The van der Waals surface area contributed by atoms with Gasteiger partial charge in [-0.1, -0.05) is 43.6 Å². The highest BCUT2D eigenvalue weighted by Crippen LogP contribution is 2.36. The van der Waals surface area contributed by atoms with Gasteiger partial charge in [0.2, 0.25) is 0 Å².